The predicted octanol–water partition coefficient (Wildman–Crippen LogP) is 4.55. The summed E-state index contributed by atoms with van der Waals surface area (Å²) in [5, 5.41) is 2.87. The fraction of sp³-hybridized carbons (Fsp3) is 0.474. The van der Waals surface area contributed by atoms with Gasteiger partial charge >= 0.3 is 12.1 Å². The van der Waals surface area contributed by atoms with Crippen molar-refractivity contribution in [1.29, 1.82) is 0 Å². The molecule has 0 N–H and O–H groups in total. The van der Waals surface area contributed by atoms with E-state index in [-0.39, 0.29) is 12.5 Å². The Kier molecular flexibility index (Phi) is 6.16. The Labute approximate surface area is 160 Å². The van der Waals surface area contributed by atoms with E-state index in [1.54, 1.807) is 23.5 Å². The Hall–Kier alpha value is -1.93. The van der Waals surface area contributed by atoms with Gasteiger partial charge in [-0.1, -0.05) is 12.1 Å². The van der Waals surface area contributed by atoms with Crippen molar-refractivity contribution >= 4 is 17.3 Å². The largest absolute Gasteiger partial charge is 0.462 e. The fourth-order valence-electron chi connectivity index (χ4n) is 3.08. The molecular formula is C19H21F3N2O2S. The monoisotopic (exact) mass is 398 g/mol. The molecule has 27 heavy (non-hydrogen) atoms. The van der Waals surface area contributed by atoms with E-state index in [4.69, 9.17) is 4.74 Å². The molecule has 4 nitrogen and oxygen atoms in total. The molecule has 2 heterocycles. The van der Waals surface area contributed by atoms with Crippen LogP contribution in [0.1, 0.15) is 28.9 Å². The molecule has 1 fully saturated rings. The van der Waals surface area contributed by atoms with Crippen molar-refractivity contribution < 1.29 is 22.7 Å². The smallest absolute Gasteiger partial charge is 0.401 e. The molecule has 1 aliphatic heterocycles. The molecule has 0 aliphatic carbocycles. The number of piperidine rings is 1. The van der Waals surface area contributed by atoms with Crippen molar-refractivity contribution in [1.82, 2.24) is 9.88 Å². The number of alkyl halides is 3. The molecule has 0 atom stereocenters. The summed E-state index contributed by atoms with van der Waals surface area (Å²) in [5.41, 5.74) is 2.36. The van der Waals surface area contributed by atoms with Gasteiger partial charge < -0.3 is 4.74 Å². The average Bonchev–Trinajstić information content (AvgIpc) is 3.06. The molecule has 1 aromatic carbocycles. The Morgan fingerprint density at radius 1 is 1.26 bits per heavy atom. The Bertz CT molecular complexity index is 766. The van der Waals surface area contributed by atoms with E-state index in [0.717, 1.165) is 16.3 Å². The van der Waals surface area contributed by atoms with Gasteiger partial charge in [0.1, 0.15) is 5.01 Å². The lowest BCUT2D eigenvalue weighted by molar-refractivity contribution is -0.148. The second-order valence-corrected chi connectivity index (χ2v) is 7.66. The molecule has 146 valence electrons. The van der Waals surface area contributed by atoms with Crippen LogP contribution in [0.2, 0.25) is 0 Å². The third-order valence-electron chi connectivity index (χ3n) is 4.55. The Morgan fingerprint density at radius 3 is 2.48 bits per heavy atom. The first-order valence-electron chi connectivity index (χ1n) is 8.79. The zero-order chi connectivity index (χ0) is 19.4. The summed E-state index contributed by atoms with van der Waals surface area (Å²) in [4.78, 5) is 18.0. The highest BCUT2D eigenvalue weighted by molar-refractivity contribution is 7.13. The number of aromatic nitrogens is 1. The van der Waals surface area contributed by atoms with E-state index >= 15 is 0 Å². The number of ether oxygens (including phenoxy) is 1. The van der Waals surface area contributed by atoms with E-state index in [9.17, 15) is 18.0 Å². The van der Waals surface area contributed by atoms with Crippen molar-refractivity contribution in [3.05, 3.63) is 40.9 Å². The molecule has 0 bridgehead atoms. The topological polar surface area (TPSA) is 42.4 Å². The summed E-state index contributed by atoms with van der Waals surface area (Å²) in [6, 6.07) is 7.09. The van der Waals surface area contributed by atoms with Crippen LogP contribution in [0.3, 0.4) is 0 Å². The SMILES string of the molecule is Cc1csc(-c2ccc(C(=O)OCC3CCN(CC(F)(F)F)CC3)cc2)n1. The molecule has 1 aromatic heterocycles. The molecule has 1 saturated heterocycles. The van der Waals surface area contributed by atoms with Crippen LogP contribution in [0.15, 0.2) is 29.6 Å². The third kappa shape index (κ3) is 5.77. The summed E-state index contributed by atoms with van der Waals surface area (Å²) >= 11 is 1.55. The molecule has 0 unspecified atom stereocenters. The van der Waals surface area contributed by atoms with Crippen molar-refractivity contribution in [3.8, 4) is 10.6 Å². The van der Waals surface area contributed by atoms with Gasteiger partial charge in [-0.05, 0) is 50.9 Å². The lowest BCUT2D eigenvalue weighted by Crippen LogP contribution is -2.40. The second kappa shape index (κ2) is 8.39. The summed E-state index contributed by atoms with van der Waals surface area (Å²) < 4.78 is 42.6. The number of halogens is 3. The van der Waals surface area contributed by atoms with Gasteiger partial charge in [-0.2, -0.15) is 13.2 Å². The fourth-order valence-corrected chi connectivity index (χ4v) is 3.88. The normalized spacial score (nSPS) is 16.4. The molecule has 8 heteroatoms. The van der Waals surface area contributed by atoms with Crippen LogP contribution in [0.5, 0.6) is 0 Å². The quantitative estimate of drug-likeness (QED) is 0.693. The van der Waals surface area contributed by atoms with Crippen molar-refractivity contribution in [2.24, 2.45) is 5.92 Å². The highest BCUT2D eigenvalue weighted by atomic mass is 32.1. The number of rotatable bonds is 5. The van der Waals surface area contributed by atoms with Gasteiger partial charge in [0, 0.05) is 16.6 Å². The van der Waals surface area contributed by atoms with Crippen LogP contribution < -0.4 is 0 Å². The molecule has 3 rings (SSSR count). The van der Waals surface area contributed by atoms with E-state index in [1.807, 2.05) is 24.4 Å². The number of nitrogens with zero attached hydrogens (tertiary/aromatic N) is 2. The highest BCUT2D eigenvalue weighted by Gasteiger charge is 2.32. The first kappa shape index (κ1) is 19.8. The van der Waals surface area contributed by atoms with Crippen LogP contribution in [-0.2, 0) is 4.74 Å². The number of esters is 1. The van der Waals surface area contributed by atoms with Crippen LogP contribution in [0.25, 0.3) is 10.6 Å². The van der Waals surface area contributed by atoms with Crippen molar-refractivity contribution in [2.75, 3.05) is 26.2 Å². The maximum atomic E-state index is 12.4. The van der Waals surface area contributed by atoms with E-state index in [2.05, 4.69) is 4.98 Å². The summed E-state index contributed by atoms with van der Waals surface area (Å²) in [5.74, 6) is -0.300. The lowest BCUT2D eigenvalue weighted by atomic mass is 9.98. The number of hydrogen-bond acceptors (Lipinski definition) is 5. The van der Waals surface area contributed by atoms with E-state index < -0.39 is 18.7 Å². The number of hydrogen-bond donors (Lipinski definition) is 0. The van der Waals surface area contributed by atoms with Gasteiger partial charge in [0.05, 0.1) is 18.7 Å². The number of carbonyl (C=O) groups excluding carboxylic acids is 1. The minimum Gasteiger partial charge on any atom is -0.462 e. The molecule has 0 radical (unpaired) electrons. The van der Waals surface area contributed by atoms with Crippen molar-refractivity contribution in [3.63, 3.8) is 0 Å². The van der Waals surface area contributed by atoms with Gasteiger partial charge in [0.2, 0.25) is 0 Å². The molecule has 0 amide bonds. The van der Waals surface area contributed by atoms with E-state index in [1.165, 1.54) is 4.90 Å². The van der Waals surface area contributed by atoms with Crippen LogP contribution >= 0.6 is 11.3 Å². The van der Waals surface area contributed by atoms with Gasteiger partial charge in [-0.3, -0.25) is 4.90 Å². The minimum absolute atomic E-state index is 0.107. The number of aryl methyl sites for hydroxylation is 1. The summed E-state index contributed by atoms with van der Waals surface area (Å²) in [7, 11) is 0. The average molecular weight is 398 g/mol. The lowest BCUT2D eigenvalue weighted by Gasteiger charge is -2.31. The number of likely N-dealkylation sites (tertiary alicyclic amines) is 1. The number of carbonyl (C=O) groups is 1. The van der Waals surface area contributed by atoms with Crippen LogP contribution in [-0.4, -0.2) is 48.3 Å². The van der Waals surface area contributed by atoms with Gasteiger partial charge in [-0.25, -0.2) is 9.78 Å². The third-order valence-corrected chi connectivity index (χ3v) is 5.56. The molecule has 0 saturated carbocycles. The number of benzene rings is 1. The first-order chi connectivity index (χ1) is 12.8. The molecule has 2 aromatic rings. The second-order valence-electron chi connectivity index (χ2n) is 6.80. The van der Waals surface area contributed by atoms with Gasteiger partial charge in [0.15, 0.2) is 0 Å². The molecular weight excluding hydrogens is 377 g/mol. The minimum atomic E-state index is -4.16. The molecule has 1 aliphatic rings. The van der Waals surface area contributed by atoms with Crippen molar-refractivity contribution in [2.45, 2.75) is 25.9 Å². The Morgan fingerprint density at radius 2 is 1.93 bits per heavy atom. The van der Waals surface area contributed by atoms with Crippen LogP contribution in [0.4, 0.5) is 13.2 Å². The predicted molar refractivity (Wildman–Crippen MR) is 97.8 cm³/mol. The van der Waals surface area contributed by atoms with Crippen LogP contribution in [0, 0.1) is 12.8 Å². The summed E-state index contributed by atoms with van der Waals surface area (Å²) in [6.45, 7) is 2.06. The maximum absolute atomic E-state index is 12.4. The zero-order valence-corrected chi connectivity index (χ0v) is 15.8. The molecule has 0 spiro atoms. The standard InChI is InChI=1S/C19H21F3N2O2S/c1-13-11-27-17(23-13)15-2-4-16(5-3-15)18(25)26-10-14-6-8-24(9-7-14)12-19(20,21)22/h2-5,11,14H,6-10,12H2,1H3. The highest BCUT2D eigenvalue weighted by Crippen LogP contribution is 2.25. The van der Waals surface area contributed by atoms with Gasteiger partial charge in [-0.15, -0.1) is 11.3 Å². The van der Waals surface area contributed by atoms with Gasteiger partial charge in [0.25, 0.3) is 0 Å². The Balaban J connectivity index is 1.46. The van der Waals surface area contributed by atoms with E-state index in [0.29, 0.717) is 31.5 Å². The zero-order valence-electron chi connectivity index (χ0n) is 15.0. The number of thiazole rings is 1. The first-order valence-corrected chi connectivity index (χ1v) is 9.67. The maximum Gasteiger partial charge on any atom is 0.401 e. The summed E-state index contributed by atoms with van der Waals surface area (Å²) in [6.07, 6.45) is -2.96.